The highest BCUT2D eigenvalue weighted by molar-refractivity contribution is 8.18. The van der Waals surface area contributed by atoms with Crippen LogP contribution in [-0.4, -0.2) is 59.8 Å². The highest BCUT2D eigenvalue weighted by atomic mass is 35.5. The van der Waals surface area contributed by atoms with Crippen molar-refractivity contribution in [3.05, 3.63) is 68.5 Å². The Balaban J connectivity index is 1.72. The van der Waals surface area contributed by atoms with Gasteiger partial charge in [-0.25, -0.2) is 10.2 Å². The Morgan fingerprint density at radius 2 is 1.79 bits per heavy atom. The standard InChI is InChI=1S/C24H20Cl3N3O7S/c1-3-6-30-23(34)20(8-13-4-5-17(19(7-13)35-2)37-12-22(32)33)38-24(30)29-28-21(31)11-36-18-10-15(26)14(25)9-16(18)27/h3-5,7-10H,1,6,11-12H2,2H3,(H,28,31)(H,32,33)/b20-8-,29-24+. The van der Waals surface area contributed by atoms with E-state index in [2.05, 4.69) is 17.1 Å². The van der Waals surface area contributed by atoms with Crippen molar-refractivity contribution in [3.63, 3.8) is 0 Å². The number of ether oxygens (including phenoxy) is 3. The number of rotatable bonds is 11. The average Bonchev–Trinajstić information content (AvgIpc) is 3.17. The molecule has 14 heteroatoms. The van der Waals surface area contributed by atoms with E-state index in [0.29, 0.717) is 16.2 Å². The van der Waals surface area contributed by atoms with Gasteiger partial charge in [-0.1, -0.05) is 46.9 Å². The molecule has 38 heavy (non-hydrogen) atoms. The summed E-state index contributed by atoms with van der Waals surface area (Å²) in [6.07, 6.45) is 3.12. The number of amidine groups is 1. The second-order valence-corrected chi connectivity index (χ2v) is 9.55. The number of carboxylic acids is 1. The number of amides is 2. The molecule has 1 fully saturated rings. The number of carbonyl (C=O) groups is 3. The van der Waals surface area contributed by atoms with Crippen molar-refractivity contribution < 1.29 is 33.7 Å². The van der Waals surface area contributed by atoms with Crippen LogP contribution in [0.1, 0.15) is 5.56 Å². The van der Waals surface area contributed by atoms with E-state index >= 15 is 0 Å². The van der Waals surface area contributed by atoms with Gasteiger partial charge in [-0.05, 0) is 41.6 Å². The Bertz CT molecular complexity index is 1330. The minimum absolute atomic E-state index is 0.151. The number of nitrogens with zero attached hydrogens (tertiary/aromatic N) is 2. The molecule has 0 aromatic heterocycles. The second kappa shape index (κ2) is 13.4. The fourth-order valence-electron chi connectivity index (χ4n) is 2.97. The highest BCUT2D eigenvalue weighted by Gasteiger charge is 2.33. The van der Waals surface area contributed by atoms with E-state index < -0.39 is 25.1 Å². The predicted octanol–water partition coefficient (Wildman–Crippen LogP) is 4.69. The molecule has 0 saturated carbocycles. The van der Waals surface area contributed by atoms with E-state index in [-0.39, 0.29) is 44.2 Å². The maximum Gasteiger partial charge on any atom is 0.341 e. The van der Waals surface area contributed by atoms with Crippen molar-refractivity contribution in [2.24, 2.45) is 5.10 Å². The molecule has 1 aliphatic rings. The third kappa shape index (κ3) is 7.57. The van der Waals surface area contributed by atoms with Crippen LogP contribution in [0.5, 0.6) is 17.2 Å². The summed E-state index contributed by atoms with van der Waals surface area (Å²) in [4.78, 5) is 37.7. The predicted molar refractivity (Wildman–Crippen MR) is 146 cm³/mol. The minimum Gasteiger partial charge on any atom is -0.493 e. The first-order valence-electron chi connectivity index (χ1n) is 10.6. The van der Waals surface area contributed by atoms with Crippen LogP contribution in [0.2, 0.25) is 15.1 Å². The molecule has 10 nitrogen and oxygen atoms in total. The van der Waals surface area contributed by atoms with Gasteiger partial charge in [-0.2, -0.15) is 0 Å². The SMILES string of the molecule is C=CCN1C(=O)/C(=C/c2ccc(OCC(=O)O)c(OC)c2)S/C1=N/NC(=O)COc1cc(Cl)c(Cl)cc1Cl. The van der Waals surface area contributed by atoms with Gasteiger partial charge in [-0.3, -0.25) is 14.5 Å². The number of hydrogen-bond donors (Lipinski definition) is 2. The van der Waals surface area contributed by atoms with E-state index in [9.17, 15) is 14.4 Å². The van der Waals surface area contributed by atoms with Crippen LogP contribution < -0.4 is 19.6 Å². The third-order valence-electron chi connectivity index (χ3n) is 4.65. The highest BCUT2D eigenvalue weighted by Crippen LogP contribution is 2.35. The van der Waals surface area contributed by atoms with E-state index in [1.54, 1.807) is 18.2 Å². The monoisotopic (exact) mass is 599 g/mol. The van der Waals surface area contributed by atoms with Gasteiger partial charge in [0.25, 0.3) is 11.8 Å². The van der Waals surface area contributed by atoms with Gasteiger partial charge in [0.2, 0.25) is 0 Å². The Hall–Kier alpha value is -3.38. The van der Waals surface area contributed by atoms with E-state index in [1.807, 2.05) is 0 Å². The Kier molecular flexibility index (Phi) is 10.3. The average molecular weight is 601 g/mol. The van der Waals surface area contributed by atoms with Gasteiger partial charge in [0.15, 0.2) is 29.9 Å². The molecule has 2 aromatic rings. The van der Waals surface area contributed by atoms with Crippen LogP contribution in [0.25, 0.3) is 6.08 Å². The molecule has 0 radical (unpaired) electrons. The lowest BCUT2D eigenvalue weighted by Gasteiger charge is -2.13. The smallest absolute Gasteiger partial charge is 0.341 e. The molecule has 0 bridgehead atoms. The van der Waals surface area contributed by atoms with Crippen LogP contribution in [0.4, 0.5) is 0 Å². The molecule has 1 saturated heterocycles. The summed E-state index contributed by atoms with van der Waals surface area (Å²) in [6.45, 7) is 2.85. The van der Waals surface area contributed by atoms with Crippen molar-refractivity contribution >= 4 is 75.6 Å². The Morgan fingerprint density at radius 3 is 2.47 bits per heavy atom. The topological polar surface area (TPSA) is 127 Å². The lowest BCUT2D eigenvalue weighted by Crippen LogP contribution is -2.32. The first kappa shape index (κ1) is 29.2. The summed E-state index contributed by atoms with van der Waals surface area (Å²) in [7, 11) is 1.41. The molecular formula is C24H20Cl3N3O7S. The van der Waals surface area contributed by atoms with Crippen LogP contribution in [-0.2, 0) is 14.4 Å². The maximum atomic E-state index is 13.0. The van der Waals surface area contributed by atoms with Crippen molar-refractivity contribution in [3.8, 4) is 17.2 Å². The van der Waals surface area contributed by atoms with Gasteiger partial charge in [-0.15, -0.1) is 11.7 Å². The Morgan fingerprint density at radius 1 is 1.08 bits per heavy atom. The first-order valence-corrected chi connectivity index (χ1v) is 12.6. The van der Waals surface area contributed by atoms with Gasteiger partial charge < -0.3 is 19.3 Å². The summed E-state index contributed by atoms with van der Waals surface area (Å²) in [5, 5.41) is 13.7. The summed E-state index contributed by atoms with van der Waals surface area (Å²) in [5.41, 5.74) is 2.94. The number of benzene rings is 2. The third-order valence-corrected chi connectivity index (χ3v) is 6.67. The molecule has 0 unspecified atom stereocenters. The molecule has 200 valence electrons. The lowest BCUT2D eigenvalue weighted by molar-refractivity contribution is -0.139. The molecule has 2 amide bonds. The van der Waals surface area contributed by atoms with Crippen molar-refractivity contribution in [1.29, 1.82) is 0 Å². The van der Waals surface area contributed by atoms with Gasteiger partial charge in [0, 0.05) is 12.6 Å². The zero-order chi connectivity index (χ0) is 27.8. The minimum atomic E-state index is -1.13. The second-order valence-electron chi connectivity index (χ2n) is 7.32. The number of hydrogen-bond acceptors (Lipinski definition) is 8. The zero-order valence-corrected chi connectivity index (χ0v) is 22.8. The number of aliphatic carboxylic acids is 1. The van der Waals surface area contributed by atoms with E-state index in [4.69, 9.17) is 54.1 Å². The fraction of sp³-hybridized carbons (Fsp3) is 0.167. The summed E-state index contributed by atoms with van der Waals surface area (Å²) in [6, 6.07) is 7.56. The molecule has 0 aliphatic carbocycles. The number of carbonyl (C=O) groups excluding carboxylic acids is 2. The number of halogens is 3. The Labute approximate surface area is 236 Å². The van der Waals surface area contributed by atoms with Gasteiger partial charge in [0.05, 0.1) is 27.1 Å². The molecule has 1 heterocycles. The number of thioether (sulfide) groups is 1. The molecule has 3 rings (SSSR count). The van der Waals surface area contributed by atoms with Crippen molar-refractivity contribution in [2.45, 2.75) is 0 Å². The van der Waals surface area contributed by atoms with E-state index in [1.165, 1.54) is 36.3 Å². The number of carboxylic acid groups (broad SMARTS) is 1. The normalized spacial score (nSPS) is 15.1. The number of methoxy groups -OCH3 is 1. The lowest BCUT2D eigenvalue weighted by atomic mass is 10.2. The quantitative estimate of drug-likeness (QED) is 0.165. The molecule has 0 spiro atoms. The molecule has 0 atom stereocenters. The van der Waals surface area contributed by atoms with Crippen molar-refractivity contribution in [1.82, 2.24) is 10.3 Å². The molecule has 2 aromatic carbocycles. The summed E-state index contributed by atoms with van der Waals surface area (Å²) in [5.74, 6) is -1.38. The molecule has 1 aliphatic heterocycles. The van der Waals surface area contributed by atoms with Gasteiger partial charge >= 0.3 is 5.97 Å². The van der Waals surface area contributed by atoms with E-state index in [0.717, 1.165) is 11.8 Å². The summed E-state index contributed by atoms with van der Waals surface area (Å²) >= 11 is 18.9. The van der Waals surface area contributed by atoms with Crippen LogP contribution >= 0.6 is 46.6 Å². The number of nitrogens with one attached hydrogen (secondary N) is 1. The maximum absolute atomic E-state index is 13.0. The van der Waals surface area contributed by atoms with Crippen LogP contribution in [0.3, 0.4) is 0 Å². The zero-order valence-electron chi connectivity index (χ0n) is 19.7. The van der Waals surface area contributed by atoms with Crippen molar-refractivity contribution in [2.75, 3.05) is 26.9 Å². The summed E-state index contributed by atoms with van der Waals surface area (Å²) < 4.78 is 15.8. The number of hydrazone groups is 1. The van der Waals surface area contributed by atoms with Crippen LogP contribution in [0, 0.1) is 0 Å². The molecule has 2 N–H and O–H groups in total. The van der Waals surface area contributed by atoms with Crippen LogP contribution in [0.15, 0.2) is 53.0 Å². The largest absolute Gasteiger partial charge is 0.493 e. The van der Waals surface area contributed by atoms with Gasteiger partial charge in [0.1, 0.15) is 5.75 Å². The fourth-order valence-corrected chi connectivity index (χ4v) is 4.51. The molecular weight excluding hydrogens is 581 g/mol. The first-order chi connectivity index (χ1) is 18.1.